The van der Waals surface area contributed by atoms with E-state index in [0.717, 1.165) is 22.1 Å². The van der Waals surface area contributed by atoms with Gasteiger partial charge >= 0.3 is 0 Å². The highest BCUT2D eigenvalue weighted by Gasteiger charge is 2.16. The highest BCUT2D eigenvalue weighted by molar-refractivity contribution is 6.19. The molecule has 5 aromatic carbocycles. The SMILES string of the molecule is CC(=O)c1cc(-c2cccc3ccccc23)c2c(ccc3ccccc32)c1C. The van der Waals surface area contributed by atoms with Gasteiger partial charge in [-0.15, -0.1) is 0 Å². The number of hydrogen-bond donors (Lipinski definition) is 0. The van der Waals surface area contributed by atoms with Crippen molar-refractivity contribution < 1.29 is 4.79 Å². The Morgan fingerprint density at radius 1 is 0.643 bits per heavy atom. The molecule has 134 valence electrons. The van der Waals surface area contributed by atoms with Gasteiger partial charge in [0.2, 0.25) is 0 Å². The van der Waals surface area contributed by atoms with Crippen LogP contribution in [0.5, 0.6) is 0 Å². The van der Waals surface area contributed by atoms with Gasteiger partial charge in [0.15, 0.2) is 5.78 Å². The maximum atomic E-state index is 12.4. The lowest BCUT2D eigenvalue weighted by Gasteiger charge is -2.17. The molecule has 5 rings (SSSR count). The van der Waals surface area contributed by atoms with E-state index < -0.39 is 0 Å². The summed E-state index contributed by atoms with van der Waals surface area (Å²) in [5, 5.41) is 7.22. The molecule has 0 aliphatic carbocycles. The lowest BCUT2D eigenvalue weighted by molar-refractivity contribution is 0.101. The maximum Gasteiger partial charge on any atom is 0.160 e. The van der Waals surface area contributed by atoms with E-state index >= 15 is 0 Å². The fourth-order valence-electron chi connectivity index (χ4n) is 4.38. The van der Waals surface area contributed by atoms with Gasteiger partial charge in [0, 0.05) is 5.56 Å². The number of Topliss-reactive ketones (excluding diaryl/α,β-unsaturated/α-hetero) is 1. The van der Waals surface area contributed by atoms with Crippen molar-refractivity contribution in [3.8, 4) is 11.1 Å². The van der Waals surface area contributed by atoms with Gasteiger partial charge in [-0.2, -0.15) is 0 Å². The minimum Gasteiger partial charge on any atom is -0.295 e. The fourth-order valence-corrected chi connectivity index (χ4v) is 4.38. The highest BCUT2D eigenvalue weighted by atomic mass is 16.1. The number of carbonyl (C=O) groups excluding carboxylic acids is 1. The number of fused-ring (bicyclic) bond motifs is 4. The van der Waals surface area contributed by atoms with Crippen molar-refractivity contribution in [1.29, 1.82) is 0 Å². The van der Waals surface area contributed by atoms with E-state index in [9.17, 15) is 4.79 Å². The van der Waals surface area contributed by atoms with Gasteiger partial charge in [-0.25, -0.2) is 0 Å². The second-order valence-corrected chi connectivity index (χ2v) is 7.39. The van der Waals surface area contributed by atoms with Crippen LogP contribution in [0.4, 0.5) is 0 Å². The first-order chi connectivity index (χ1) is 13.6. The van der Waals surface area contributed by atoms with Crippen molar-refractivity contribution in [2.75, 3.05) is 0 Å². The summed E-state index contributed by atoms with van der Waals surface area (Å²) in [6, 6.07) is 29.7. The molecule has 0 heterocycles. The number of hydrogen-bond acceptors (Lipinski definition) is 1. The Morgan fingerprint density at radius 3 is 2.04 bits per heavy atom. The van der Waals surface area contributed by atoms with Gasteiger partial charge in [-0.05, 0) is 68.9 Å². The van der Waals surface area contributed by atoms with E-state index in [4.69, 9.17) is 0 Å². The minimum absolute atomic E-state index is 0.106. The Morgan fingerprint density at radius 2 is 1.29 bits per heavy atom. The van der Waals surface area contributed by atoms with Crippen LogP contribution in [0.3, 0.4) is 0 Å². The molecule has 0 aliphatic rings. The van der Waals surface area contributed by atoms with Crippen molar-refractivity contribution in [1.82, 2.24) is 0 Å². The summed E-state index contributed by atoms with van der Waals surface area (Å²) < 4.78 is 0. The van der Waals surface area contributed by atoms with Gasteiger partial charge in [-0.3, -0.25) is 4.79 Å². The first-order valence-corrected chi connectivity index (χ1v) is 9.59. The molecule has 0 fully saturated rings. The number of carbonyl (C=O) groups is 1. The summed E-state index contributed by atoms with van der Waals surface area (Å²) in [6.07, 6.45) is 0. The molecule has 1 heteroatoms. The predicted molar refractivity (Wildman–Crippen MR) is 119 cm³/mol. The Hall–Kier alpha value is -3.45. The third-order valence-corrected chi connectivity index (χ3v) is 5.75. The van der Waals surface area contributed by atoms with Crippen LogP contribution in [0.15, 0.2) is 84.9 Å². The van der Waals surface area contributed by atoms with E-state index in [2.05, 4.69) is 91.9 Å². The zero-order valence-electron chi connectivity index (χ0n) is 16.0. The normalized spacial score (nSPS) is 11.4. The molecule has 28 heavy (non-hydrogen) atoms. The first kappa shape index (κ1) is 16.7. The average molecular weight is 360 g/mol. The van der Waals surface area contributed by atoms with E-state index in [1.54, 1.807) is 6.92 Å². The third kappa shape index (κ3) is 2.44. The summed E-state index contributed by atoms with van der Waals surface area (Å²) in [4.78, 5) is 12.4. The molecule has 0 bridgehead atoms. The molecule has 0 saturated carbocycles. The van der Waals surface area contributed by atoms with Crippen molar-refractivity contribution in [3.05, 3.63) is 96.1 Å². The Kier molecular flexibility index (Phi) is 3.77. The van der Waals surface area contributed by atoms with Crippen LogP contribution in [-0.2, 0) is 0 Å². The second-order valence-electron chi connectivity index (χ2n) is 7.39. The first-order valence-electron chi connectivity index (χ1n) is 9.59. The Balaban J connectivity index is 2.04. The van der Waals surface area contributed by atoms with E-state index in [-0.39, 0.29) is 5.78 Å². The summed E-state index contributed by atoms with van der Waals surface area (Å²) in [5.74, 6) is 0.106. The lowest BCUT2D eigenvalue weighted by Crippen LogP contribution is -1.99. The molecule has 0 aliphatic heterocycles. The van der Waals surface area contributed by atoms with Crippen LogP contribution in [0.25, 0.3) is 43.4 Å². The van der Waals surface area contributed by atoms with Crippen LogP contribution in [0.1, 0.15) is 22.8 Å². The molecule has 0 unspecified atom stereocenters. The van der Waals surface area contributed by atoms with E-state index in [0.29, 0.717) is 0 Å². The van der Waals surface area contributed by atoms with Crippen LogP contribution in [-0.4, -0.2) is 5.78 Å². The zero-order chi connectivity index (χ0) is 19.3. The van der Waals surface area contributed by atoms with Gasteiger partial charge in [-0.1, -0.05) is 78.9 Å². The molecule has 0 atom stereocenters. The molecule has 1 nitrogen and oxygen atoms in total. The molecule has 0 N–H and O–H groups in total. The summed E-state index contributed by atoms with van der Waals surface area (Å²) in [6.45, 7) is 3.71. The van der Waals surface area contributed by atoms with Crippen molar-refractivity contribution in [2.45, 2.75) is 13.8 Å². The van der Waals surface area contributed by atoms with Crippen LogP contribution >= 0.6 is 0 Å². The molecular formula is C27H20O. The van der Waals surface area contributed by atoms with Gasteiger partial charge in [0.1, 0.15) is 0 Å². The largest absolute Gasteiger partial charge is 0.295 e. The fraction of sp³-hybridized carbons (Fsp3) is 0.0741. The van der Waals surface area contributed by atoms with Gasteiger partial charge in [0.25, 0.3) is 0 Å². The van der Waals surface area contributed by atoms with Gasteiger partial charge in [0.05, 0.1) is 0 Å². The molecule has 5 aromatic rings. The number of benzene rings is 5. The summed E-state index contributed by atoms with van der Waals surface area (Å²) >= 11 is 0. The van der Waals surface area contributed by atoms with E-state index in [1.807, 2.05) is 0 Å². The molecular weight excluding hydrogens is 340 g/mol. The zero-order valence-corrected chi connectivity index (χ0v) is 16.0. The topological polar surface area (TPSA) is 17.1 Å². The summed E-state index contributed by atoms with van der Waals surface area (Å²) in [5.41, 5.74) is 4.14. The number of aryl methyl sites for hydroxylation is 1. The maximum absolute atomic E-state index is 12.4. The van der Waals surface area contributed by atoms with Crippen molar-refractivity contribution in [3.63, 3.8) is 0 Å². The third-order valence-electron chi connectivity index (χ3n) is 5.75. The highest BCUT2D eigenvalue weighted by Crippen LogP contribution is 2.40. The summed E-state index contributed by atoms with van der Waals surface area (Å²) in [7, 11) is 0. The standard InChI is InChI=1S/C27H20O/c1-17-21-15-14-20-9-4-6-12-23(20)27(21)26(16-25(17)18(2)28)24-13-7-10-19-8-3-5-11-22(19)24/h3-16H,1-2H3. The molecule has 0 spiro atoms. The van der Waals surface area contributed by atoms with Crippen LogP contribution in [0.2, 0.25) is 0 Å². The van der Waals surface area contributed by atoms with Gasteiger partial charge < -0.3 is 0 Å². The number of rotatable bonds is 2. The van der Waals surface area contributed by atoms with Crippen LogP contribution < -0.4 is 0 Å². The van der Waals surface area contributed by atoms with E-state index in [1.165, 1.54) is 32.5 Å². The molecule has 0 radical (unpaired) electrons. The average Bonchev–Trinajstić information content (AvgIpc) is 2.73. The minimum atomic E-state index is 0.106. The monoisotopic (exact) mass is 360 g/mol. The second kappa shape index (κ2) is 6.31. The quantitative estimate of drug-likeness (QED) is 0.238. The Bertz CT molecular complexity index is 1390. The molecule has 0 aromatic heterocycles. The molecule has 0 amide bonds. The smallest absolute Gasteiger partial charge is 0.160 e. The van der Waals surface area contributed by atoms with Crippen molar-refractivity contribution in [2.24, 2.45) is 0 Å². The number of ketones is 1. The van der Waals surface area contributed by atoms with Crippen molar-refractivity contribution >= 4 is 38.1 Å². The van der Waals surface area contributed by atoms with Crippen LogP contribution in [0, 0.1) is 6.92 Å². The Labute approximate surface area is 164 Å². The molecule has 0 saturated heterocycles. The predicted octanol–water partition coefficient (Wildman–Crippen LogP) is 7.32. The lowest BCUT2D eigenvalue weighted by atomic mass is 9.86.